The first kappa shape index (κ1) is 12.4. The molecule has 1 aromatic rings. The Morgan fingerprint density at radius 2 is 2.00 bits per heavy atom. The van der Waals surface area contributed by atoms with E-state index in [1.807, 2.05) is 23.3 Å². The minimum atomic E-state index is 0.314. The third-order valence-electron chi connectivity index (χ3n) is 3.97. The van der Waals surface area contributed by atoms with Crippen molar-refractivity contribution in [3.8, 4) is 0 Å². The first-order chi connectivity index (χ1) is 9.36. The molecule has 0 radical (unpaired) electrons. The first-order valence-corrected chi connectivity index (χ1v) is 6.81. The molecule has 2 heterocycles. The summed E-state index contributed by atoms with van der Waals surface area (Å²) < 4.78 is 0. The molecule has 1 aromatic heterocycles. The lowest BCUT2D eigenvalue weighted by molar-refractivity contribution is 0.0866. The van der Waals surface area contributed by atoms with Gasteiger partial charge in [0.1, 0.15) is 5.76 Å². The molecule has 0 unspecified atom stereocenters. The van der Waals surface area contributed by atoms with Gasteiger partial charge in [-0.25, -0.2) is 5.01 Å². The van der Waals surface area contributed by atoms with Crippen molar-refractivity contribution in [1.29, 1.82) is 0 Å². The zero-order chi connectivity index (χ0) is 13.1. The average Bonchev–Trinajstić information content (AvgIpc) is 2.98. The molecule has 5 nitrogen and oxygen atoms in total. The molecule has 0 bridgehead atoms. The van der Waals surface area contributed by atoms with Crippen LogP contribution in [0.15, 0.2) is 36.5 Å². The summed E-state index contributed by atoms with van der Waals surface area (Å²) in [5, 5.41) is 11.0. The number of hydrogen-bond donors (Lipinski definition) is 2. The van der Waals surface area contributed by atoms with Crippen LogP contribution >= 0.6 is 0 Å². The summed E-state index contributed by atoms with van der Waals surface area (Å²) in [5.41, 5.74) is 3.92. The van der Waals surface area contributed by atoms with Gasteiger partial charge in [-0.3, -0.25) is 4.98 Å². The molecule has 0 aromatic carbocycles. The van der Waals surface area contributed by atoms with Crippen LogP contribution in [-0.2, 0) is 4.84 Å². The van der Waals surface area contributed by atoms with Crippen LogP contribution in [0, 0.1) is 11.8 Å². The molecule has 0 spiro atoms. The number of pyridine rings is 1. The second kappa shape index (κ2) is 5.59. The van der Waals surface area contributed by atoms with E-state index in [9.17, 15) is 0 Å². The van der Waals surface area contributed by atoms with Gasteiger partial charge in [0.05, 0.1) is 11.9 Å². The van der Waals surface area contributed by atoms with Gasteiger partial charge in [0.15, 0.2) is 0 Å². The summed E-state index contributed by atoms with van der Waals surface area (Å²) in [5.74, 6) is 1.93. The molecule has 2 aliphatic rings. The third-order valence-corrected chi connectivity index (χ3v) is 3.97. The van der Waals surface area contributed by atoms with E-state index in [-0.39, 0.29) is 0 Å². The second-order valence-corrected chi connectivity index (χ2v) is 5.20. The van der Waals surface area contributed by atoms with Crippen LogP contribution < -0.4 is 10.6 Å². The topological polar surface area (TPSA) is 57.6 Å². The number of nitrogens with one attached hydrogen (secondary N) is 1. The number of allylic oxidation sites excluding steroid dienone is 1. The largest absolute Gasteiger partial charge is 0.396 e. The zero-order valence-electron chi connectivity index (χ0n) is 10.8. The molecule has 1 aliphatic carbocycles. The molecule has 0 saturated heterocycles. The van der Waals surface area contributed by atoms with Gasteiger partial charge in [0.2, 0.25) is 0 Å². The minimum absolute atomic E-state index is 0.314. The maximum atomic E-state index is 9.16. The maximum Gasteiger partial charge on any atom is 0.147 e. The zero-order valence-corrected chi connectivity index (χ0v) is 10.8. The number of aliphatic hydroxyl groups is 1. The predicted molar refractivity (Wildman–Crippen MR) is 71.6 cm³/mol. The van der Waals surface area contributed by atoms with Crippen LogP contribution in [0.3, 0.4) is 0 Å². The van der Waals surface area contributed by atoms with E-state index < -0.39 is 0 Å². The molecule has 1 saturated carbocycles. The number of hydrogen-bond acceptors (Lipinski definition) is 5. The fraction of sp³-hybridized carbons (Fsp3) is 0.500. The number of nitrogens with zero attached hydrogens (tertiary/aromatic N) is 2. The van der Waals surface area contributed by atoms with E-state index in [1.54, 1.807) is 12.4 Å². The lowest BCUT2D eigenvalue weighted by Gasteiger charge is -2.26. The van der Waals surface area contributed by atoms with Crippen molar-refractivity contribution in [2.75, 3.05) is 11.6 Å². The van der Waals surface area contributed by atoms with Crippen LogP contribution in [0.5, 0.6) is 0 Å². The monoisotopic (exact) mass is 261 g/mol. The van der Waals surface area contributed by atoms with Gasteiger partial charge in [0, 0.05) is 24.9 Å². The summed E-state index contributed by atoms with van der Waals surface area (Å²) in [4.78, 5) is 9.59. The summed E-state index contributed by atoms with van der Waals surface area (Å²) in [6.45, 7) is 0.314. The number of aliphatic hydroxyl groups excluding tert-OH is 1. The maximum absolute atomic E-state index is 9.16. The van der Waals surface area contributed by atoms with Crippen molar-refractivity contribution in [1.82, 2.24) is 10.6 Å². The fourth-order valence-electron chi connectivity index (χ4n) is 2.73. The van der Waals surface area contributed by atoms with Crippen LogP contribution in [-0.4, -0.2) is 16.7 Å². The highest BCUT2D eigenvalue weighted by Crippen LogP contribution is 2.35. The van der Waals surface area contributed by atoms with Crippen LogP contribution in [0.4, 0.5) is 5.69 Å². The van der Waals surface area contributed by atoms with Crippen molar-refractivity contribution in [2.45, 2.75) is 25.7 Å². The van der Waals surface area contributed by atoms with Crippen molar-refractivity contribution in [2.24, 2.45) is 11.8 Å². The van der Waals surface area contributed by atoms with E-state index in [1.165, 1.54) is 0 Å². The Balaban J connectivity index is 1.64. The van der Waals surface area contributed by atoms with E-state index in [2.05, 4.69) is 10.6 Å². The molecule has 19 heavy (non-hydrogen) atoms. The first-order valence-electron chi connectivity index (χ1n) is 6.81. The van der Waals surface area contributed by atoms with Crippen molar-refractivity contribution in [3.63, 3.8) is 0 Å². The third kappa shape index (κ3) is 2.72. The molecule has 0 atom stereocenters. The summed E-state index contributed by atoms with van der Waals surface area (Å²) in [6.07, 6.45) is 9.87. The Bertz CT molecular complexity index is 441. The van der Waals surface area contributed by atoms with E-state index in [0.717, 1.165) is 37.1 Å². The molecule has 0 amide bonds. The molecule has 3 rings (SSSR count). The highest BCUT2D eigenvalue weighted by atomic mass is 16.7. The number of anilines is 1. The fourth-order valence-corrected chi connectivity index (χ4v) is 2.73. The van der Waals surface area contributed by atoms with Crippen molar-refractivity contribution >= 4 is 5.69 Å². The summed E-state index contributed by atoms with van der Waals surface area (Å²) in [6, 6.07) is 3.86. The Morgan fingerprint density at radius 1 is 1.26 bits per heavy atom. The minimum Gasteiger partial charge on any atom is -0.396 e. The summed E-state index contributed by atoms with van der Waals surface area (Å²) >= 11 is 0. The Hall–Kier alpha value is -1.59. The van der Waals surface area contributed by atoms with Gasteiger partial charge in [-0.15, -0.1) is 0 Å². The highest BCUT2D eigenvalue weighted by molar-refractivity contribution is 5.47. The van der Waals surface area contributed by atoms with Gasteiger partial charge in [-0.2, -0.15) is 0 Å². The molecule has 2 N–H and O–H groups in total. The van der Waals surface area contributed by atoms with Crippen LogP contribution in [0.25, 0.3) is 0 Å². The SMILES string of the molecule is OCC1CCC(C2=CN(c3ccncc3)NO2)CC1. The summed E-state index contributed by atoms with van der Waals surface area (Å²) in [7, 11) is 0. The molecule has 1 fully saturated rings. The number of rotatable bonds is 3. The number of hydrazine groups is 1. The highest BCUT2D eigenvalue weighted by Gasteiger charge is 2.28. The Labute approximate surface area is 112 Å². The average molecular weight is 261 g/mol. The smallest absolute Gasteiger partial charge is 0.147 e. The van der Waals surface area contributed by atoms with Gasteiger partial charge in [-0.1, -0.05) is 5.59 Å². The van der Waals surface area contributed by atoms with Crippen LogP contribution in [0.2, 0.25) is 0 Å². The van der Waals surface area contributed by atoms with E-state index in [0.29, 0.717) is 18.4 Å². The Kier molecular flexibility index (Phi) is 3.66. The Morgan fingerprint density at radius 3 is 2.68 bits per heavy atom. The van der Waals surface area contributed by atoms with E-state index >= 15 is 0 Å². The number of aromatic nitrogens is 1. The standard InChI is InChI=1S/C14H19N3O2/c18-10-11-1-3-12(4-2-11)14-9-17(16-19-14)13-5-7-15-8-6-13/h5-9,11-12,16,18H,1-4,10H2. The van der Waals surface area contributed by atoms with Gasteiger partial charge in [0.25, 0.3) is 0 Å². The van der Waals surface area contributed by atoms with E-state index in [4.69, 9.17) is 9.94 Å². The lowest BCUT2D eigenvalue weighted by Crippen LogP contribution is -2.27. The van der Waals surface area contributed by atoms with Crippen molar-refractivity contribution in [3.05, 3.63) is 36.5 Å². The lowest BCUT2D eigenvalue weighted by atomic mass is 9.81. The molecular formula is C14H19N3O2. The van der Waals surface area contributed by atoms with Gasteiger partial charge >= 0.3 is 0 Å². The molecule has 1 aliphatic heterocycles. The molecule has 102 valence electrons. The van der Waals surface area contributed by atoms with Gasteiger partial charge < -0.3 is 9.94 Å². The normalized spacial score (nSPS) is 27.0. The molecular weight excluding hydrogens is 242 g/mol. The predicted octanol–water partition coefficient (Wildman–Crippen LogP) is 1.98. The van der Waals surface area contributed by atoms with Crippen LogP contribution in [0.1, 0.15) is 25.7 Å². The van der Waals surface area contributed by atoms with Crippen molar-refractivity contribution < 1.29 is 9.94 Å². The molecule has 5 heteroatoms. The van der Waals surface area contributed by atoms with Gasteiger partial charge in [-0.05, 0) is 43.7 Å². The quantitative estimate of drug-likeness (QED) is 0.871. The second-order valence-electron chi connectivity index (χ2n) is 5.20.